The Hall–Kier alpha value is -2.70. The molecule has 0 saturated carbocycles. The highest BCUT2D eigenvalue weighted by Crippen LogP contribution is 2.24. The van der Waals surface area contributed by atoms with Gasteiger partial charge in [-0.05, 0) is 37.1 Å². The normalized spacial score (nSPS) is 11.3. The molecule has 0 unspecified atom stereocenters. The van der Waals surface area contributed by atoms with Crippen LogP contribution in [0.15, 0.2) is 60.7 Å². The molecule has 0 aliphatic rings. The summed E-state index contributed by atoms with van der Waals surface area (Å²) < 4.78 is 0. The fourth-order valence-electron chi connectivity index (χ4n) is 3.20. The first-order valence-electron chi connectivity index (χ1n) is 9.55. The van der Waals surface area contributed by atoms with E-state index in [-0.39, 0.29) is 12.8 Å². The van der Waals surface area contributed by atoms with E-state index in [0.29, 0.717) is 32.4 Å². The molecule has 2 aromatic carbocycles. The maximum Gasteiger partial charge on any atom is 0.303 e. The first-order valence-corrected chi connectivity index (χ1v) is 9.55. The lowest BCUT2D eigenvalue weighted by Crippen LogP contribution is -2.56. The minimum Gasteiger partial charge on any atom is -0.481 e. The molecule has 0 spiro atoms. The first-order chi connectivity index (χ1) is 13.5. The largest absolute Gasteiger partial charge is 0.481 e. The molecule has 0 aliphatic heterocycles. The monoisotopic (exact) mass is 384 g/mol. The van der Waals surface area contributed by atoms with Gasteiger partial charge in [0.2, 0.25) is 0 Å². The van der Waals surface area contributed by atoms with Crippen LogP contribution in [0.3, 0.4) is 0 Å². The maximum atomic E-state index is 10.9. The van der Waals surface area contributed by atoms with Crippen LogP contribution >= 0.6 is 0 Å². The SMILES string of the molecule is O=C(O)CCCNC(Cc1ccccc1)(NCCCC(=O)O)c1ccccc1. The van der Waals surface area contributed by atoms with Gasteiger partial charge in [0, 0.05) is 19.3 Å². The fraction of sp³-hybridized carbons (Fsp3) is 0.364. The van der Waals surface area contributed by atoms with Crippen LogP contribution in [0.1, 0.15) is 36.8 Å². The lowest BCUT2D eigenvalue weighted by atomic mass is 9.91. The van der Waals surface area contributed by atoms with Crippen LogP contribution in [0, 0.1) is 0 Å². The Balaban J connectivity index is 2.23. The van der Waals surface area contributed by atoms with Crippen molar-refractivity contribution >= 4 is 11.9 Å². The lowest BCUT2D eigenvalue weighted by Gasteiger charge is -2.37. The molecule has 0 fully saturated rings. The van der Waals surface area contributed by atoms with Gasteiger partial charge in [0.05, 0.1) is 5.66 Å². The van der Waals surface area contributed by atoms with Crippen LogP contribution in [0.4, 0.5) is 0 Å². The van der Waals surface area contributed by atoms with Crippen molar-refractivity contribution < 1.29 is 19.8 Å². The van der Waals surface area contributed by atoms with Gasteiger partial charge < -0.3 is 10.2 Å². The number of nitrogens with one attached hydrogen (secondary N) is 2. The molecule has 2 rings (SSSR count). The number of benzene rings is 2. The predicted octanol–water partition coefficient (Wildman–Crippen LogP) is 2.99. The Morgan fingerprint density at radius 1 is 0.750 bits per heavy atom. The Kier molecular flexibility index (Phi) is 8.65. The highest BCUT2D eigenvalue weighted by atomic mass is 16.4. The lowest BCUT2D eigenvalue weighted by molar-refractivity contribution is -0.138. The van der Waals surface area contributed by atoms with E-state index in [1.165, 1.54) is 0 Å². The molecule has 0 radical (unpaired) electrons. The highest BCUT2D eigenvalue weighted by Gasteiger charge is 2.31. The minimum atomic E-state index is -0.815. The average Bonchev–Trinajstić information content (AvgIpc) is 2.69. The molecule has 0 heterocycles. The van der Waals surface area contributed by atoms with Gasteiger partial charge in [-0.25, -0.2) is 0 Å². The zero-order valence-corrected chi connectivity index (χ0v) is 15.9. The molecule has 0 aromatic heterocycles. The Bertz CT molecular complexity index is 713. The molecule has 4 N–H and O–H groups in total. The Morgan fingerprint density at radius 3 is 1.68 bits per heavy atom. The summed E-state index contributed by atoms with van der Waals surface area (Å²) in [5.41, 5.74) is 1.55. The number of hydrogen-bond donors (Lipinski definition) is 4. The van der Waals surface area contributed by atoms with Crippen molar-refractivity contribution in [3.05, 3.63) is 71.8 Å². The molecular weight excluding hydrogens is 356 g/mol. The second-order valence-corrected chi connectivity index (χ2v) is 6.78. The summed E-state index contributed by atoms with van der Waals surface area (Å²) >= 11 is 0. The van der Waals surface area contributed by atoms with Gasteiger partial charge in [-0.1, -0.05) is 60.7 Å². The quantitative estimate of drug-likeness (QED) is 0.313. The van der Waals surface area contributed by atoms with Crippen LogP contribution in [0.25, 0.3) is 0 Å². The number of hydrogen-bond acceptors (Lipinski definition) is 4. The third kappa shape index (κ3) is 7.13. The van der Waals surface area contributed by atoms with E-state index in [1.807, 2.05) is 48.5 Å². The smallest absolute Gasteiger partial charge is 0.303 e. The van der Waals surface area contributed by atoms with E-state index in [9.17, 15) is 9.59 Å². The minimum absolute atomic E-state index is 0.0994. The standard InChI is InChI=1S/C22H28N2O4/c25-20(26)13-7-15-23-22(19-11-5-2-6-12-19,24-16-8-14-21(27)28)17-18-9-3-1-4-10-18/h1-6,9-12,23-24H,7-8,13-17H2,(H,25,26)(H,27,28). The van der Waals surface area contributed by atoms with Crippen molar-refractivity contribution in [2.45, 2.75) is 37.8 Å². The summed E-state index contributed by atoms with van der Waals surface area (Å²) in [6.07, 6.45) is 1.87. The van der Waals surface area contributed by atoms with Crippen LogP contribution in [0.2, 0.25) is 0 Å². The van der Waals surface area contributed by atoms with Gasteiger partial charge in [-0.2, -0.15) is 0 Å². The molecule has 0 amide bonds. The highest BCUT2D eigenvalue weighted by molar-refractivity contribution is 5.66. The molecular formula is C22H28N2O4. The third-order valence-electron chi connectivity index (χ3n) is 4.57. The average molecular weight is 384 g/mol. The van der Waals surface area contributed by atoms with Crippen molar-refractivity contribution in [2.24, 2.45) is 0 Å². The third-order valence-corrected chi connectivity index (χ3v) is 4.57. The molecule has 0 atom stereocenters. The second kappa shape index (κ2) is 11.2. The fourth-order valence-corrected chi connectivity index (χ4v) is 3.20. The van der Waals surface area contributed by atoms with Gasteiger partial charge >= 0.3 is 11.9 Å². The van der Waals surface area contributed by atoms with Crippen LogP contribution in [0.5, 0.6) is 0 Å². The van der Waals surface area contributed by atoms with E-state index in [4.69, 9.17) is 10.2 Å². The summed E-state index contributed by atoms with van der Waals surface area (Å²) in [6.45, 7) is 1.06. The topological polar surface area (TPSA) is 98.7 Å². The molecule has 0 saturated heterocycles. The van der Waals surface area contributed by atoms with Crippen molar-refractivity contribution in [2.75, 3.05) is 13.1 Å². The first kappa shape index (κ1) is 21.6. The number of carbonyl (C=O) groups is 2. The molecule has 2 aromatic rings. The zero-order valence-electron chi connectivity index (χ0n) is 15.9. The molecule has 28 heavy (non-hydrogen) atoms. The Morgan fingerprint density at radius 2 is 1.21 bits per heavy atom. The summed E-state index contributed by atoms with van der Waals surface area (Å²) in [5, 5.41) is 24.9. The van der Waals surface area contributed by atoms with Crippen molar-refractivity contribution in [3.8, 4) is 0 Å². The summed E-state index contributed by atoms with van der Waals surface area (Å²) in [4.78, 5) is 21.7. The maximum absolute atomic E-state index is 10.9. The number of carboxylic acid groups (broad SMARTS) is 2. The van der Waals surface area contributed by atoms with Gasteiger partial charge in [-0.3, -0.25) is 20.2 Å². The Labute approximate surface area is 165 Å². The van der Waals surface area contributed by atoms with Crippen LogP contribution in [-0.2, 0) is 21.7 Å². The van der Waals surface area contributed by atoms with Crippen molar-refractivity contribution in [1.29, 1.82) is 0 Å². The van der Waals surface area contributed by atoms with E-state index in [1.54, 1.807) is 0 Å². The summed E-state index contributed by atoms with van der Waals surface area (Å²) in [6, 6.07) is 20.0. The number of carboxylic acids is 2. The summed E-state index contributed by atoms with van der Waals surface area (Å²) in [5.74, 6) is -1.63. The van der Waals surface area contributed by atoms with E-state index >= 15 is 0 Å². The number of aliphatic carboxylic acids is 2. The van der Waals surface area contributed by atoms with E-state index in [2.05, 4.69) is 22.8 Å². The molecule has 6 nitrogen and oxygen atoms in total. The molecule has 150 valence electrons. The van der Waals surface area contributed by atoms with Crippen LogP contribution in [-0.4, -0.2) is 35.2 Å². The second-order valence-electron chi connectivity index (χ2n) is 6.78. The van der Waals surface area contributed by atoms with Gasteiger partial charge in [0.1, 0.15) is 0 Å². The van der Waals surface area contributed by atoms with Crippen LogP contribution < -0.4 is 10.6 Å². The van der Waals surface area contributed by atoms with Gasteiger partial charge in [-0.15, -0.1) is 0 Å². The van der Waals surface area contributed by atoms with E-state index in [0.717, 1.165) is 11.1 Å². The number of rotatable bonds is 13. The van der Waals surface area contributed by atoms with Crippen molar-refractivity contribution in [1.82, 2.24) is 10.6 Å². The predicted molar refractivity (Wildman–Crippen MR) is 108 cm³/mol. The molecule has 6 heteroatoms. The van der Waals surface area contributed by atoms with Gasteiger partial charge in [0.15, 0.2) is 0 Å². The molecule has 0 bridgehead atoms. The van der Waals surface area contributed by atoms with E-state index < -0.39 is 17.6 Å². The summed E-state index contributed by atoms with van der Waals surface area (Å²) in [7, 11) is 0. The molecule has 0 aliphatic carbocycles. The van der Waals surface area contributed by atoms with Gasteiger partial charge in [0.25, 0.3) is 0 Å². The zero-order chi connectivity index (χ0) is 20.2. The van der Waals surface area contributed by atoms with Crippen molar-refractivity contribution in [3.63, 3.8) is 0 Å².